The summed E-state index contributed by atoms with van der Waals surface area (Å²) in [4.78, 5) is 21.9. The molecule has 2 fully saturated rings. The molecular weight excluding hydrogens is 737 g/mol. The molecule has 58 heavy (non-hydrogen) atoms. The molecule has 1 saturated heterocycles. The van der Waals surface area contributed by atoms with Gasteiger partial charge in [-0.25, -0.2) is 4.79 Å². The molecule has 2 aliphatic carbocycles. The van der Waals surface area contributed by atoms with Crippen molar-refractivity contribution in [1.82, 2.24) is 4.90 Å². The van der Waals surface area contributed by atoms with Crippen molar-refractivity contribution >= 4 is 11.8 Å². The highest BCUT2D eigenvalue weighted by Crippen LogP contribution is 2.62. The van der Waals surface area contributed by atoms with Crippen LogP contribution in [-0.4, -0.2) is 85.1 Å². The number of aryl methyl sites for hydroxylation is 2. The van der Waals surface area contributed by atoms with E-state index in [9.17, 15) is 15.0 Å². The van der Waals surface area contributed by atoms with Crippen LogP contribution in [0.15, 0.2) is 65.9 Å². The van der Waals surface area contributed by atoms with Crippen molar-refractivity contribution in [2.24, 2.45) is 28.3 Å². The van der Waals surface area contributed by atoms with Gasteiger partial charge in [0.05, 0.1) is 31.5 Å². The van der Waals surface area contributed by atoms with Crippen molar-refractivity contribution in [3.63, 3.8) is 0 Å². The van der Waals surface area contributed by atoms with E-state index >= 15 is 0 Å². The van der Waals surface area contributed by atoms with E-state index in [0.29, 0.717) is 30.9 Å². The summed E-state index contributed by atoms with van der Waals surface area (Å²) in [5.74, 6) is 0.322. The lowest BCUT2D eigenvalue weighted by Gasteiger charge is -2.59. The Bertz CT molecular complexity index is 1780. The Morgan fingerprint density at radius 3 is 2.45 bits per heavy atom. The Kier molecular flexibility index (Phi) is 14.6. The molecule has 0 radical (unpaired) electrons. The number of amides is 1. The molecule has 2 aliphatic heterocycles. The van der Waals surface area contributed by atoms with Crippen LogP contribution >= 0.6 is 0 Å². The number of hydrogen-bond donors (Lipinski definition) is 2. The third-order valence-electron chi connectivity index (χ3n) is 12.2. The van der Waals surface area contributed by atoms with Gasteiger partial charge in [-0.2, -0.15) is 0 Å². The summed E-state index contributed by atoms with van der Waals surface area (Å²) in [5.41, 5.74) is 4.78. The summed E-state index contributed by atoms with van der Waals surface area (Å²) in [5, 5.41) is 24.7. The molecule has 2 heterocycles. The first-order valence-corrected chi connectivity index (χ1v) is 21.4. The van der Waals surface area contributed by atoms with Crippen molar-refractivity contribution < 1.29 is 43.5 Å². The average Bonchev–Trinajstić information content (AvgIpc) is 3.21. The average molecular weight is 803 g/mol. The molecule has 2 aromatic carbocycles. The fraction of sp³-hybridized carbons (Fsp3) is 0.617. The molecule has 2 aromatic rings. The first kappa shape index (κ1) is 43.7. The molecule has 11 nitrogen and oxygen atoms in total. The lowest BCUT2D eigenvalue weighted by molar-refractivity contribution is -0.254. The third kappa shape index (κ3) is 9.92. The number of fused-ring (bicyclic) bond motifs is 2. The molecule has 2 N–H and O–H groups in total. The Labute approximate surface area is 345 Å². The van der Waals surface area contributed by atoms with Gasteiger partial charge in [0.25, 0.3) is 0 Å². The Morgan fingerprint density at radius 1 is 1.02 bits per heavy atom. The van der Waals surface area contributed by atoms with Gasteiger partial charge in [0.15, 0.2) is 0 Å². The Balaban J connectivity index is 1.55. The number of oxime groups is 1. The van der Waals surface area contributed by atoms with Crippen LogP contribution < -0.4 is 9.47 Å². The van der Waals surface area contributed by atoms with E-state index in [1.807, 2.05) is 39.0 Å². The second-order valence-corrected chi connectivity index (χ2v) is 17.7. The minimum atomic E-state index is -1.37. The van der Waals surface area contributed by atoms with Crippen LogP contribution in [0.4, 0.5) is 4.79 Å². The van der Waals surface area contributed by atoms with Crippen LogP contribution in [-0.2, 0) is 19.0 Å². The van der Waals surface area contributed by atoms with E-state index in [-0.39, 0.29) is 56.0 Å². The van der Waals surface area contributed by atoms with Gasteiger partial charge in [-0.05, 0) is 117 Å². The zero-order chi connectivity index (χ0) is 41.5. The first-order chi connectivity index (χ1) is 27.9. The predicted molar refractivity (Wildman–Crippen MR) is 224 cm³/mol. The van der Waals surface area contributed by atoms with Crippen molar-refractivity contribution in [2.45, 2.75) is 123 Å². The molecule has 0 spiro atoms. The fourth-order valence-electron chi connectivity index (χ4n) is 9.13. The van der Waals surface area contributed by atoms with Crippen LogP contribution in [0.25, 0.3) is 0 Å². The molecule has 1 saturated carbocycles. The lowest BCUT2D eigenvalue weighted by atomic mass is 9.55. The minimum absolute atomic E-state index is 0.0889. The topological polar surface area (TPSA) is 129 Å². The van der Waals surface area contributed by atoms with E-state index in [0.717, 1.165) is 73.1 Å². The van der Waals surface area contributed by atoms with E-state index in [2.05, 4.69) is 44.7 Å². The maximum absolute atomic E-state index is 14.1. The maximum Gasteiger partial charge on any atom is 0.410 e. The van der Waals surface area contributed by atoms with Gasteiger partial charge in [-0.15, -0.1) is 6.58 Å². The standard InChI is InChI=1S/C47H66N2O9/c1-8-24-55-47-41(49(7)45(52)54-30-46(4,5)6)29-39(48-58-42-17-11-14-25-53-42)37-27-33(15-9-12-22-50)36(16-10-13-23-51)43(44(37)47)38-28-35(20-21-40(38)57-47)56-34-19-18-31(2)32(3)26-34/h8,18-21,26-28,33,36,41-44,50-51H,1,9-17,22-25,29-30H2,2-7H3. The largest absolute Gasteiger partial charge is 0.459 e. The first-order valence-electron chi connectivity index (χ1n) is 21.4. The number of aliphatic hydroxyl groups excluding tert-OH is 2. The summed E-state index contributed by atoms with van der Waals surface area (Å²) in [6.45, 7) is 15.5. The van der Waals surface area contributed by atoms with Crippen LogP contribution in [0.1, 0.15) is 108 Å². The number of allylic oxidation sites excluding steroid dienone is 1. The number of carbonyl (C=O) groups excluding carboxylic acids is 1. The van der Waals surface area contributed by atoms with Crippen molar-refractivity contribution in [3.05, 3.63) is 77.4 Å². The van der Waals surface area contributed by atoms with Crippen LogP contribution in [0.2, 0.25) is 0 Å². The van der Waals surface area contributed by atoms with E-state index in [4.69, 9.17) is 33.7 Å². The summed E-state index contributed by atoms with van der Waals surface area (Å²) in [7, 11) is 1.75. The van der Waals surface area contributed by atoms with Crippen LogP contribution in [0, 0.1) is 37.0 Å². The van der Waals surface area contributed by atoms with Gasteiger partial charge in [-0.1, -0.05) is 57.0 Å². The summed E-state index contributed by atoms with van der Waals surface area (Å²) in [6, 6.07) is 11.4. The number of aliphatic hydroxyl groups is 2. The molecule has 6 rings (SSSR count). The summed E-state index contributed by atoms with van der Waals surface area (Å²) in [6.07, 6.45) is 10.9. The zero-order valence-corrected chi connectivity index (χ0v) is 35.5. The molecule has 0 bridgehead atoms. The molecule has 7 atom stereocenters. The Morgan fingerprint density at radius 2 is 1.76 bits per heavy atom. The maximum atomic E-state index is 14.1. The third-order valence-corrected chi connectivity index (χ3v) is 12.2. The Hall–Kier alpha value is -3.90. The molecular formula is C47H66N2O9. The highest BCUT2D eigenvalue weighted by molar-refractivity contribution is 6.03. The monoisotopic (exact) mass is 802 g/mol. The molecule has 7 unspecified atom stereocenters. The number of carbonyl (C=O) groups is 1. The van der Waals surface area contributed by atoms with Crippen molar-refractivity contribution in [2.75, 3.05) is 40.1 Å². The van der Waals surface area contributed by atoms with Gasteiger partial charge >= 0.3 is 6.09 Å². The van der Waals surface area contributed by atoms with Gasteiger partial charge in [-0.3, -0.25) is 0 Å². The van der Waals surface area contributed by atoms with Gasteiger partial charge in [0.2, 0.25) is 12.1 Å². The quantitative estimate of drug-likeness (QED) is 0.0914. The number of rotatable bonds is 17. The molecule has 1 amide bonds. The van der Waals surface area contributed by atoms with Crippen LogP contribution in [0.3, 0.4) is 0 Å². The smallest absolute Gasteiger partial charge is 0.410 e. The van der Waals surface area contributed by atoms with Gasteiger partial charge < -0.3 is 43.6 Å². The fourth-order valence-corrected chi connectivity index (χ4v) is 9.13. The zero-order valence-electron chi connectivity index (χ0n) is 35.5. The number of hydrogen-bond acceptors (Lipinski definition) is 10. The normalized spacial score (nSPS) is 27.1. The minimum Gasteiger partial charge on any atom is -0.459 e. The summed E-state index contributed by atoms with van der Waals surface area (Å²) >= 11 is 0. The van der Waals surface area contributed by atoms with Crippen molar-refractivity contribution in [1.29, 1.82) is 0 Å². The second-order valence-electron chi connectivity index (χ2n) is 17.7. The van der Waals surface area contributed by atoms with Gasteiger partial charge in [0.1, 0.15) is 23.3 Å². The number of likely N-dealkylation sites (N-methyl/N-ethyl adjacent to an activating group) is 1. The number of ether oxygens (including phenoxy) is 5. The predicted octanol–water partition coefficient (Wildman–Crippen LogP) is 9.37. The summed E-state index contributed by atoms with van der Waals surface area (Å²) < 4.78 is 32.7. The van der Waals surface area contributed by atoms with E-state index in [1.54, 1.807) is 18.0 Å². The second kappa shape index (κ2) is 19.4. The number of nitrogens with zero attached hydrogens (tertiary/aromatic N) is 2. The highest BCUT2D eigenvalue weighted by Gasteiger charge is 2.65. The van der Waals surface area contributed by atoms with Gasteiger partial charge in [0, 0.05) is 44.6 Å². The van der Waals surface area contributed by atoms with Crippen molar-refractivity contribution in [3.8, 4) is 17.2 Å². The highest BCUT2D eigenvalue weighted by atomic mass is 16.8. The van der Waals surface area contributed by atoms with E-state index < -0.39 is 30.1 Å². The SMILES string of the molecule is C=CCOC12Oc3ccc(Oc4ccc(C)c(C)c4)cc3C3C(CCCCO)C(CCCCO)C=C(C(=NOC4CCCCO4)CC1N(C)C(=O)OCC(C)(C)C)C32. The molecule has 0 aromatic heterocycles. The molecule has 4 aliphatic rings. The number of benzene rings is 2. The molecule has 11 heteroatoms. The lowest BCUT2D eigenvalue weighted by Crippen LogP contribution is -2.69. The van der Waals surface area contributed by atoms with E-state index in [1.165, 1.54) is 5.56 Å². The number of unbranched alkanes of at least 4 members (excludes halogenated alkanes) is 2. The van der Waals surface area contributed by atoms with Crippen LogP contribution in [0.5, 0.6) is 17.2 Å². The molecule has 318 valence electrons.